The van der Waals surface area contributed by atoms with Crippen LogP contribution in [-0.2, 0) is 4.79 Å². The Bertz CT molecular complexity index is 1030. The molecule has 5 nitrogen and oxygen atoms in total. The Balaban J connectivity index is 1.97. The van der Waals surface area contributed by atoms with Crippen LogP contribution in [-0.4, -0.2) is 22.3 Å². The number of H-pyrrole nitrogens is 1. The van der Waals surface area contributed by atoms with Gasteiger partial charge in [0.2, 0.25) is 5.91 Å². The number of rotatable bonds is 1. The van der Waals surface area contributed by atoms with Crippen molar-refractivity contribution in [1.29, 1.82) is 0 Å². The summed E-state index contributed by atoms with van der Waals surface area (Å²) in [4.78, 5) is 29.2. The summed E-state index contributed by atoms with van der Waals surface area (Å²) >= 11 is 0. The van der Waals surface area contributed by atoms with Crippen LogP contribution in [0.5, 0.6) is 0 Å². The van der Waals surface area contributed by atoms with Crippen molar-refractivity contribution in [3.05, 3.63) is 59.7 Å². The van der Waals surface area contributed by atoms with E-state index in [1.807, 2.05) is 63.2 Å². The molecular formula is C21H21N3O2. The maximum Gasteiger partial charge on any atom is 0.252 e. The third-order valence-electron chi connectivity index (χ3n) is 4.51. The highest BCUT2D eigenvalue weighted by Gasteiger charge is 2.34. The normalized spacial score (nSPS) is 16.4. The minimum atomic E-state index is -0.764. The lowest BCUT2D eigenvalue weighted by molar-refractivity contribution is -0.124. The number of aromatic amines is 1. The molecule has 0 spiro atoms. The number of carbonyl (C=O) groups excluding carboxylic acids is 2. The number of amides is 2. The average Bonchev–Trinajstić information content (AvgIpc) is 2.91. The van der Waals surface area contributed by atoms with Gasteiger partial charge in [-0.15, -0.1) is 0 Å². The van der Waals surface area contributed by atoms with Gasteiger partial charge in [-0.25, -0.2) is 0 Å². The quantitative estimate of drug-likeness (QED) is 0.630. The molecule has 1 aliphatic rings. The van der Waals surface area contributed by atoms with Crippen molar-refractivity contribution < 1.29 is 9.59 Å². The maximum atomic E-state index is 13.0. The Morgan fingerprint density at radius 3 is 2.38 bits per heavy atom. The Labute approximate surface area is 151 Å². The van der Waals surface area contributed by atoms with E-state index in [-0.39, 0.29) is 11.8 Å². The lowest BCUT2D eigenvalue weighted by atomic mass is 9.97. The minimum absolute atomic E-state index is 0.218. The lowest BCUT2D eigenvalue weighted by Gasteiger charge is -2.25. The molecule has 0 bridgehead atoms. The average molecular weight is 347 g/mol. The predicted molar refractivity (Wildman–Crippen MR) is 102 cm³/mol. The third-order valence-corrected chi connectivity index (χ3v) is 4.51. The van der Waals surface area contributed by atoms with Crippen LogP contribution >= 0.6 is 0 Å². The number of hydrogen-bond donors (Lipinski definition) is 3. The Hall–Kier alpha value is -3.08. The van der Waals surface area contributed by atoms with Crippen LogP contribution < -0.4 is 10.6 Å². The van der Waals surface area contributed by atoms with E-state index < -0.39 is 11.6 Å². The molecule has 0 saturated heterocycles. The molecule has 1 aromatic heterocycles. The van der Waals surface area contributed by atoms with Gasteiger partial charge in [0.15, 0.2) is 0 Å². The van der Waals surface area contributed by atoms with Crippen molar-refractivity contribution in [1.82, 2.24) is 15.6 Å². The first-order valence-electron chi connectivity index (χ1n) is 8.68. The first-order valence-corrected chi connectivity index (χ1v) is 8.68. The molecule has 0 saturated carbocycles. The second kappa shape index (κ2) is 5.73. The highest BCUT2D eigenvalue weighted by molar-refractivity contribution is 6.08. The van der Waals surface area contributed by atoms with E-state index in [1.165, 1.54) is 0 Å². The first-order chi connectivity index (χ1) is 12.3. The number of hydrogen-bond acceptors (Lipinski definition) is 2. The maximum absolute atomic E-state index is 13.0. The fourth-order valence-corrected chi connectivity index (χ4v) is 3.49. The number of carbonyl (C=O) groups is 2. The highest BCUT2D eigenvalue weighted by Crippen LogP contribution is 2.38. The van der Waals surface area contributed by atoms with Crippen LogP contribution in [0.25, 0.3) is 22.2 Å². The van der Waals surface area contributed by atoms with Gasteiger partial charge in [-0.1, -0.05) is 36.4 Å². The zero-order valence-electron chi connectivity index (χ0n) is 15.0. The van der Waals surface area contributed by atoms with E-state index in [0.717, 1.165) is 27.7 Å². The molecule has 1 atom stereocenters. The molecule has 3 aromatic rings. The van der Waals surface area contributed by atoms with Crippen LogP contribution in [0.1, 0.15) is 42.7 Å². The summed E-state index contributed by atoms with van der Waals surface area (Å²) in [6.07, 6.45) is 0. The molecule has 26 heavy (non-hydrogen) atoms. The van der Waals surface area contributed by atoms with Gasteiger partial charge in [0.25, 0.3) is 5.91 Å². The standard InChI is InChI=1S/C21H21N3O2/c1-21(2,3)24-20(26)18-16-14-10-6-7-11-15(14)22-17(16)12-8-4-5-9-13(12)19(25)23-18/h4-11,18,22H,1-3H3,(H,23,25)(H,24,26). The molecule has 2 aromatic carbocycles. The van der Waals surface area contributed by atoms with Crippen molar-refractivity contribution in [2.45, 2.75) is 32.4 Å². The van der Waals surface area contributed by atoms with Gasteiger partial charge in [0.05, 0.1) is 5.69 Å². The van der Waals surface area contributed by atoms with Crippen molar-refractivity contribution in [3.63, 3.8) is 0 Å². The molecule has 0 fully saturated rings. The summed E-state index contributed by atoms with van der Waals surface area (Å²) in [7, 11) is 0. The zero-order valence-corrected chi connectivity index (χ0v) is 15.0. The van der Waals surface area contributed by atoms with Gasteiger partial charge in [-0.05, 0) is 32.9 Å². The summed E-state index contributed by atoms with van der Waals surface area (Å²) in [5.74, 6) is -0.465. The van der Waals surface area contributed by atoms with E-state index >= 15 is 0 Å². The van der Waals surface area contributed by atoms with E-state index in [2.05, 4.69) is 15.6 Å². The van der Waals surface area contributed by atoms with Crippen LogP contribution in [0.3, 0.4) is 0 Å². The third kappa shape index (κ3) is 2.65. The van der Waals surface area contributed by atoms with Gasteiger partial charge >= 0.3 is 0 Å². The van der Waals surface area contributed by atoms with Gasteiger partial charge in [0.1, 0.15) is 6.04 Å². The molecule has 5 heteroatoms. The van der Waals surface area contributed by atoms with Crippen LogP contribution in [0, 0.1) is 0 Å². The van der Waals surface area contributed by atoms with Crippen molar-refractivity contribution in [3.8, 4) is 11.3 Å². The molecule has 1 unspecified atom stereocenters. The molecule has 0 aliphatic carbocycles. The van der Waals surface area contributed by atoms with Gasteiger partial charge < -0.3 is 15.6 Å². The van der Waals surface area contributed by atoms with Crippen LogP contribution in [0.4, 0.5) is 0 Å². The summed E-state index contributed by atoms with van der Waals surface area (Å²) in [5, 5.41) is 6.85. The van der Waals surface area contributed by atoms with Crippen molar-refractivity contribution >= 4 is 22.7 Å². The number of aromatic nitrogens is 1. The first kappa shape index (κ1) is 16.4. The van der Waals surface area contributed by atoms with Gasteiger partial charge in [-0.3, -0.25) is 9.59 Å². The second-order valence-corrected chi connectivity index (χ2v) is 7.65. The SMILES string of the molecule is CC(C)(C)NC(=O)C1NC(=O)c2ccccc2-c2[nH]c3ccccc3c21. The van der Waals surface area contributed by atoms with Crippen LogP contribution in [0.2, 0.25) is 0 Å². The molecular weight excluding hydrogens is 326 g/mol. The molecule has 4 rings (SSSR count). The summed E-state index contributed by atoms with van der Waals surface area (Å²) < 4.78 is 0. The Morgan fingerprint density at radius 2 is 1.65 bits per heavy atom. The highest BCUT2D eigenvalue weighted by atomic mass is 16.2. The number of fused-ring (bicyclic) bond motifs is 5. The van der Waals surface area contributed by atoms with Gasteiger partial charge in [0, 0.05) is 33.1 Å². The smallest absolute Gasteiger partial charge is 0.252 e. The fourth-order valence-electron chi connectivity index (χ4n) is 3.49. The van der Waals surface area contributed by atoms with E-state index in [0.29, 0.717) is 5.56 Å². The monoisotopic (exact) mass is 347 g/mol. The Kier molecular flexibility index (Phi) is 3.61. The molecule has 2 heterocycles. The summed E-state index contributed by atoms with van der Waals surface area (Å²) in [5.41, 5.74) is 3.54. The van der Waals surface area contributed by atoms with Crippen molar-refractivity contribution in [2.75, 3.05) is 0 Å². The topological polar surface area (TPSA) is 74.0 Å². The minimum Gasteiger partial charge on any atom is -0.354 e. The molecule has 3 N–H and O–H groups in total. The largest absolute Gasteiger partial charge is 0.354 e. The molecule has 0 radical (unpaired) electrons. The number of nitrogens with one attached hydrogen (secondary N) is 3. The molecule has 1 aliphatic heterocycles. The van der Waals surface area contributed by atoms with Crippen LogP contribution in [0.15, 0.2) is 48.5 Å². The van der Waals surface area contributed by atoms with Gasteiger partial charge in [-0.2, -0.15) is 0 Å². The predicted octanol–water partition coefficient (Wildman–Crippen LogP) is 3.53. The molecule has 2 amide bonds. The zero-order chi connectivity index (χ0) is 18.5. The second-order valence-electron chi connectivity index (χ2n) is 7.65. The lowest BCUT2D eigenvalue weighted by Crippen LogP contribution is -2.47. The summed E-state index contributed by atoms with van der Waals surface area (Å²) in [6.45, 7) is 5.77. The van der Waals surface area contributed by atoms with Crippen molar-refractivity contribution in [2.24, 2.45) is 0 Å². The van der Waals surface area contributed by atoms with E-state index in [1.54, 1.807) is 6.07 Å². The Morgan fingerprint density at radius 1 is 1.00 bits per heavy atom. The fraction of sp³-hybridized carbons (Fsp3) is 0.238. The van der Waals surface area contributed by atoms with E-state index in [9.17, 15) is 9.59 Å². The number of benzene rings is 2. The number of para-hydroxylation sites is 1. The summed E-state index contributed by atoms with van der Waals surface area (Å²) in [6, 6.07) is 14.5. The van der Waals surface area contributed by atoms with E-state index in [4.69, 9.17) is 0 Å². The molecule has 132 valence electrons.